The maximum Gasteiger partial charge on any atom is 0.271 e. The van der Waals surface area contributed by atoms with Crippen molar-refractivity contribution in [3.05, 3.63) is 101 Å². The molecule has 0 heterocycles. The number of hydrogen-bond acceptors (Lipinski definition) is 5. The van der Waals surface area contributed by atoms with Crippen LogP contribution in [0.25, 0.3) is 0 Å². The fourth-order valence-electron chi connectivity index (χ4n) is 5.89. The molecule has 6 nitrogen and oxygen atoms in total. The second kappa shape index (κ2) is 14.3. The van der Waals surface area contributed by atoms with Crippen molar-refractivity contribution in [2.24, 2.45) is 10.3 Å². The van der Waals surface area contributed by atoms with Gasteiger partial charge in [-0.2, -0.15) is 0 Å². The summed E-state index contributed by atoms with van der Waals surface area (Å²) in [5.41, 5.74) is 2.20. The summed E-state index contributed by atoms with van der Waals surface area (Å²) < 4.78 is 55.4. The molecular weight excluding hydrogens is 600 g/mol. The molecule has 1 fully saturated rings. The van der Waals surface area contributed by atoms with Crippen molar-refractivity contribution in [1.82, 2.24) is 4.72 Å². The van der Waals surface area contributed by atoms with Gasteiger partial charge in [0.05, 0.1) is 16.6 Å². The van der Waals surface area contributed by atoms with Gasteiger partial charge in [0.25, 0.3) is 11.6 Å². The van der Waals surface area contributed by atoms with Gasteiger partial charge in [-0.1, -0.05) is 106 Å². The molecular formula is C34H43ClN2O4S2. The van der Waals surface area contributed by atoms with Crippen molar-refractivity contribution in [2.45, 2.75) is 95.1 Å². The lowest BCUT2D eigenvalue weighted by molar-refractivity contribution is 0.0336. The predicted octanol–water partition coefficient (Wildman–Crippen LogP) is 8.43. The molecule has 0 spiro atoms. The van der Waals surface area contributed by atoms with Crippen molar-refractivity contribution in [3.8, 4) is 0 Å². The molecule has 3 aromatic carbocycles. The van der Waals surface area contributed by atoms with Crippen LogP contribution in [0.3, 0.4) is 0 Å². The molecule has 0 aliphatic heterocycles. The summed E-state index contributed by atoms with van der Waals surface area (Å²) >= 11 is 4.13. The zero-order valence-electron chi connectivity index (χ0n) is 25.7. The van der Waals surface area contributed by atoms with E-state index < -0.39 is 33.3 Å². The summed E-state index contributed by atoms with van der Waals surface area (Å²) in [5.74, 6) is 0.293. The summed E-state index contributed by atoms with van der Waals surface area (Å²) in [6.45, 7) is 10.0. The Morgan fingerprint density at radius 1 is 1.02 bits per heavy atom. The summed E-state index contributed by atoms with van der Waals surface area (Å²) in [4.78, 5) is 0.161. The third-order valence-electron chi connectivity index (χ3n) is 8.64. The van der Waals surface area contributed by atoms with Crippen LogP contribution < -0.4 is 4.72 Å². The Morgan fingerprint density at radius 3 is 2.14 bits per heavy atom. The number of hydrogen-bond donors (Lipinski definition) is 1. The van der Waals surface area contributed by atoms with Gasteiger partial charge in [0, 0.05) is 10.4 Å². The average molecular weight is 643 g/mol. The quantitative estimate of drug-likeness (QED) is 0.141. The molecule has 43 heavy (non-hydrogen) atoms. The maximum absolute atomic E-state index is 14.0. The standard InChI is InChI=1S/C34H43ClN2O4S2/c1-6-34(7-2,32(27-12-9-8-10-13-27)37-43(39,40)30-20-14-26(5)15-21-30)41-42(38)36-31(24-25(3)4)33(22-11-23-33)28-16-18-29(35)19-17-28/h8-10,12-21,25,32,37H,6-7,11,22-24H2,1-5H3/b36-31+/t32-,42?/m1/s1. The molecule has 0 amide bonds. The van der Waals surface area contributed by atoms with Crippen molar-refractivity contribution < 1.29 is 17.2 Å². The number of nitrogens with one attached hydrogen (secondary N) is 1. The molecule has 4 rings (SSSR count). The first-order valence-corrected chi connectivity index (χ1v) is 17.9. The van der Waals surface area contributed by atoms with Gasteiger partial charge in [-0.3, -0.25) is 0 Å². The first kappa shape index (κ1) is 33.7. The van der Waals surface area contributed by atoms with Crippen molar-refractivity contribution >= 4 is 39.0 Å². The normalized spacial score (nSPS) is 17.0. The number of benzene rings is 3. The van der Waals surface area contributed by atoms with E-state index in [1.165, 1.54) is 0 Å². The zero-order valence-corrected chi connectivity index (χ0v) is 28.1. The number of rotatable bonds is 14. The molecule has 1 unspecified atom stereocenters. The molecule has 9 heteroatoms. The lowest BCUT2D eigenvalue weighted by Crippen LogP contribution is -2.49. The summed E-state index contributed by atoms with van der Waals surface area (Å²) in [5, 5.41) is 0.670. The highest BCUT2D eigenvalue weighted by molar-refractivity contribution is 7.89. The maximum atomic E-state index is 14.0. The molecule has 3 aromatic rings. The van der Waals surface area contributed by atoms with Gasteiger partial charge in [-0.05, 0) is 84.7 Å². The Labute approximate surface area is 265 Å². The van der Waals surface area contributed by atoms with E-state index in [0.717, 1.165) is 41.7 Å². The minimum absolute atomic E-state index is 0.161. The molecule has 0 bridgehead atoms. The fraction of sp³-hybridized carbons (Fsp3) is 0.441. The van der Waals surface area contributed by atoms with Crippen LogP contribution in [0.1, 0.15) is 89.0 Å². The van der Waals surface area contributed by atoms with Gasteiger partial charge in [0.2, 0.25) is 10.0 Å². The van der Waals surface area contributed by atoms with Gasteiger partial charge < -0.3 is 4.55 Å². The van der Waals surface area contributed by atoms with Crippen LogP contribution in [-0.4, -0.2) is 24.3 Å². The summed E-state index contributed by atoms with van der Waals surface area (Å²) in [6.07, 6.45) is 4.36. The highest BCUT2D eigenvalue weighted by Crippen LogP contribution is 2.47. The van der Waals surface area contributed by atoms with E-state index in [-0.39, 0.29) is 10.3 Å². The minimum atomic E-state index is -3.94. The second-order valence-electron chi connectivity index (χ2n) is 11.9. The molecule has 0 saturated heterocycles. The van der Waals surface area contributed by atoms with Gasteiger partial charge in [0.1, 0.15) is 5.60 Å². The van der Waals surface area contributed by atoms with Gasteiger partial charge in [-0.25, -0.2) is 13.1 Å². The van der Waals surface area contributed by atoms with E-state index in [9.17, 15) is 13.0 Å². The SMILES string of the molecule is CCC(CC)(O[S+]([O-])/N=C(\CC(C)C)C1(c2ccc(Cl)cc2)CCC1)[C@H](NS(=O)(=O)c1ccc(C)cc1)c1ccccc1. The Bertz CT molecular complexity index is 1470. The third-order valence-corrected chi connectivity index (χ3v) is 11.2. The van der Waals surface area contributed by atoms with Crippen molar-refractivity contribution in [1.29, 1.82) is 0 Å². The van der Waals surface area contributed by atoms with Gasteiger partial charge >= 0.3 is 0 Å². The van der Waals surface area contributed by atoms with E-state index in [1.54, 1.807) is 24.3 Å². The Hall–Kier alpha value is -2.20. The summed E-state index contributed by atoms with van der Waals surface area (Å²) in [6, 6.07) is 23.1. The molecule has 0 radical (unpaired) electrons. The molecule has 1 N–H and O–H groups in total. The number of halogens is 1. The van der Waals surface area contributed by atoms with Crippen molar-refractivity contribution in [3.63, 3.8) is 0 Å². The van der Waals surface area contributed by atoms with E-state index >= 15 is 0 Å². The van der Waals surface area contributed by atoms with E-state index in [1.807, 2.05) is 75.4 Å². The highest BCUT2D eigenvalue weighted by Gasteiger charge is 2.48. The van der Waals surface area contributed by atoms with Gasteiger partial charge in [0.15, 0.2) is 0 Å². The van der Waals surface area contributed by atoms with Crippen LogP contribution in [0.15, 0.2) is 88.2 Å². The number of nitrogens with zero attached hydrogens (tertiary/aromatic N) is 1. The average Bonchev–Trinajstić information content (AvgIpc) is 2.95. The molecule has 1 aliphatic carbocycles. The molecule has 2 atom stereocenters. The lowest BCUT2D eigenvalue weighted by Gasteiger charge is -2.43. The van der Waals surface area contributed by atoms with Crippen molar-refractivity contribution in [2.75, 3.05) is 0 Å². The van der Waals surface area contributed by atoms with Crippen LogP contribution >= 0.6 is 11.6 Å². The van der Waals surface area contributed by atoms with E-state index in [4.69, 9.17) is 20.2 Å². The Morgan fingerprint density at radius 2 is 1.63 bits per heavy atom. The zero-order chi connectivity index (χ0) is 31.3. The first-order chi connectivity index (χ1) is 20.4. The van der Waals surface area contributed by atoms with Crippen LogP contribution in [0.4, 0.5) is 0 Å². The molecule has 232 valence electrons. The van der Waals surface area contributed by atoms with Crippen LogP contribution in [0, 0.1) is 12.8 Å². The van der Waals surface area contributed by atoms with Crippen LogP contribution in [-0.2, 0) is 31.3 Å². The number of aryl methyl sites for hydroxylation is 1. The van der Waals surface area contributed by atoms with E-state index in [2.05, 4.69) is 18.6 Å². The monoisotopic (exact) mass is 642 g/mol. The molecule has 1 saturated carbocycles. The summed E-state index contributed by atoms with van der Waals surface area (Å²) in [7, 11) is -3.94. The predicted molar refractivity (Wildman–Crippen MR) is 177 cm³/mol. The third kappa shape index (κ3) is 7.72. The van der Waals surface area contributed by atoms with Crippen LogP contribution in [0.2, 0.25) is 5.02 Å². The Balaban J connectivity index is 1.73. The van der Waals surface area contributed by atoms with Crippen LogP contribution in [0.5, 0.6) is 0 Å². The topological polar surface area (TPSA) is 90.8 Å². The largest absolute Gasteiger partial charge is 0.559 e. The smallest absolute Gasteiger partial charge is 0.271 e. The molecule has 0 aromatic heterocycles. The number of sulfonamides is 1. The van der Waals surface area contributed by atoms with Gasteiger partial charge in [-0.15, -0.1) is 4.18 Å². The second-order valence-corrected chi connectivity index (χ2v) is 14.9. The Kier molecular flexibility index (Phi) is 11.2. The fourth-order valence-corrected chi connectivity index (χ4v) is 8.39. The van der Waals surface area contributed by atoms with E-state index in [0.29, 0.717) is 30.2 Å². The highest BCUT2D eigenvalue weighted by atomic mass is 35.5. The first-order valence-electron chi connectivity index (χ1n) is 15.0. The minimum Gasteiger partial charge on any atom is -0.559 e. The molecule has 1 aliphatic rings. The lowest BCUT2D eigenvalue weighted by atomic mass is 9.60.